The Morgan fingerprint density at radius 3 is 2.74 bits per heavy atom. The van der Waals surface area contributed by atoms with Crippen molar-refractivity contribution >= 4 is 22.8 Å². The molecule has 138 valence electrons. The molecule has 0 radical (unpaired) electrons. The minimum absolute atomic E-state index is 0.0377. The zero-order valence-electron chi connectivity index (χ0n) is 15.1. The van der Waals surface area contributed by atoms with Crippen molar-refractivity contribution in [2.75, 3.05) is 6.54 Å². The summed E-state index contributed by atoms with van der Waals surface area (Å²) in [7, 11) is 0. The number of carbonyl (C=O) groups excluding carboxylic acids is 2. The van der Waals surface area contributed by atoms with Crippen LogP contribution in [0.1, 0.15) is 39.0 Å². The molecule has 0 spiro atoms. The maximum absolute atomic E-state index is 12.3. The van der Waals surface area contributed by atoms with Crippen molar-refractivity contribution in [3.63, 3.8) is 0 Å². The van der Waals surface area contributed by atoms with Crippen LogP contribution in [0.2, 0.25) is 0 Å². The lowest BCUT2D eigenvalue weighted by Gasteiger charge is -2.06. The van der Waals surface area contributed by atoms with Crippen LogP contribution in [0.3, 0.4) is 0 Å². The van der Waals surface area contributed by atoms with E-state index in [2.05, 4.69) is 17.4 Å². The second-order valence-corrected chi connectivity index (χ2v) is 7.07. The predicted molar refractivity (Wildman–Crippen MR) is 104 cm³/mol. The molecule has 3 N–H and O–H groups in total. The Morgan fingerprint density at radius 2 is 1.93 bits per heavy atom. The molecule has 0 bridgehead atoms. The lowest BCUT2D eigenvalue weighted by molar-refractivity contribution is -0.120. The van der Waals surface area contributed by atoms with Crippen molar-refractivity contribution < 1.29 is 14.0 Å². The van der Waals surface area contributed by atoms with Gasteiger partial charge in [0.2, 0.25) is 11.8 Å². The number of benzene rings is 2. The monoisotopic (exact) mass is 362 g/mol. The molecule has 5 heteroatoms. The summed E-state index contributed by atoms with van der Waals surface area (Å²) in [5, 5.41) is 3.98. The predicted octanol–water partition coefficient (Wildman–Crippen LogP) is 2.92. The van der Waals surface area contributed by atoms with Gasteiger partial charge in [-0.2, -0.15) is 0 Å². The second-order valence-electron chi connectivity index (χ2n) is 7.07. The molecule has 27 heavy (non-hydrogen) atoms. The quantitative estimate of drug-likeness (QED) is 0.707. The molecule has 1 aromatic heterocycles. The molecule has 5 nitrogen and oxygen atoms in total. The van der Waals surface area contributed by atoms with Crippen LogP contribution in [0.15, 0.2) is 47.1 Å². The van der Waals surface area contributed by atoms with Gasteiger partial charge in [0.15, 0.2) is 0 Å². The van der Waals surface area contributed by atoms with E-state index in [1.54, 1.807) is 24.5 Å². The lowest BCUT2D eigenvalue weighted by atomic mass is 10.0. The van der Waals surface area contributed by atoms with Gasteiger partial charge in [0.1, 0.15) is 5.58 Å². The number of primary amides is 1. The Kier molecular flexibility index (Phi) is 4.67. The second kappa shape index (κ2) is 7.27. The van der Waals surface area contributed by atoms with E-state index in [0.717, 1.165) is 34.9 Å². The minimum Gasteiger partial charge on any atom is -0.464 e. The maximum atomic E-state index is 12.3. The summed E-state index contributed by atoms with van der Waals surface area (Å²) in [6.07, 6.45) is 6.04. The van der Waals surface area contributed by atoms with Gasteiger partial charge in [0, 0.05) is 23.1 Å². The van der Waals surface area contributed by atoms with Crippen LogP contribution in [-0.2, 0) is 30.5 Å². The fourth-order valence-electron chi connectivity index (χ4n) is 3.75. The summed E-state index contributed by atoms with van der Waals surface area (Å²) in [5.41, 5.74) is 11.3. The number of hydrogen-bond acceptors (Lipinski definition) is 3. The number of aryl methyl sites for hydroxylation is 2. The number of nitrogens with one attached hydrogen (secondary N) is 1. The standard InChI is InChI=1S/C22H22N2O3/c23-22(26)17-6-1-3-14(9-17)7-8-24-21(25)12-18-13-27-20-11-16-5-2-4-15(16)10-19(18)20/h1,3,6,9-11,13H,2,4-5,7-8,12H2,(H2,23,26)(H,24,25). The largest absolute Gasteiger partial charge is 0.464 e. The summed E-state index contributed by atoms with van der Waals surface area (Å²) in [5.74, 6) is -0.483. The Morgan fingerprint density at radius 1 is 1.11 bits per heavy atom. The zero-order chi connectivity index (χ0) is 18.8. The van der Waals surface area contributed by atoms with E-state index < -0.39 is 5.91 Å². The fraction of sp³-hybridized carbons (Fsp3) is 0.273. The molecule has 0 saturated carbocycles. The molecule has 0 fully saturated rings. The van der Waals surface area contributed by atoms with Crippen LogP contribution < -0.4 is 11.1 Å². The summed E-state index contributed by atoms with van der Waals surface area (Å²) < 4.78 is 5.66. The highest BCUT2D eigenvalue weighted by atomic mass is 16.3. The van der Waals surface area contributed by atoms with E-state index in [9.17, 15) is 9.59 Å². The van der Waals surface area contributed by atoms with Crippen LogP contribution in [0, 0.1) is 0 Å². The van der Waals surface area contributed by atoms with Gasteiger partial charge >= 0.3 is 0 Å². The molecule has 1 aliphatic rings. The first kappa shape index (κ1) is 17.3. The molecule has 2 amide bonds. The molecule has 0 saturated heterocycles. The summed E-state index contributed by atoms with van der Waals surface area (Å²) in [6.45, 7) is 0.506. The molecule has 2 aromatic carbocycles. The number of hydrogen-bond donors (Lipinski definition) is 2. The van der Waals surface area contributed by atoms with Gasteiger partial charge in [-0.05, 0) is 66.6 Å². The van der Waals surface area contributed by atoms with Crippen molar-refractivity contribution in [2.24, 2.45) is 5.73 Å². The molecule has 0 unspecified atom stereocenters. The van der Waals surface area contributed by atoms with Crippen molar-refractivity contribution in [1.82, 2.24) is 5.32 Å². The van der Waals surface area contributed by atoms with Gasteiger partial charge in [-0.1, -0.05) is 12.1 Å². The maximum Gasteiger partial charge on any atom is 0.248 e. The highest BCUT2D eigenvalue weighted by molar-refractivity contribution is 5.93. The SMILES string of the molecule is NC(=O)c1cccc(CCNC(=O)Cc2coc3cc4c(cc23)CCC4)c1. The minimum atomic E-state index is -0.445. The van der Waals surface area contributed by atoms with Crippen LogP contribution in [-0.4, -0.2) is 18.4 Å². The van der Waals surface area contributed by atoms with Crippen molar-refractivity contribution in [2.45, 2.75) is 32.1 Å². The van der Waals surface area contributed by atoms with Gasteiger partial charge in [-0.15, -0.1) is 0 Å². The van der Waals surface area contributed by atoms with Gasteiger partial charge in [0.25, 0.3) is 0 Å². The third-order valence-electron chi connectivity index (χ3n) is 5.17. The zero-order valence-corrected chi connectivity index (χ0v) is 15.1. The molecule has 0 atom stereocenters. The van der Waals surface area contributed by atoms with Gasteiger partial charge in [-0.3, -0.25) is 9.59 Å². The Hall–Kier alpha value is -3.08. The van der Waals surface area contributed by atoms with E-state index in [0.29, 0.717) is 24.9 Å². The molecule has 1 aliphatic carbocycles. The first-order chi connectivity index (χ1) is 13.1. The van der Waals surface area contributed by atoms with Gasteiger partial charge in [0.05, 0.1) is 12.7 Å². The molecule has 4 rings (SSSR count). The molecule has 3 aromatic rings. The molecule has 0 aliphatic heterocycles. The molecular weight excluding hydrogens is 340 g/mol. The average molecular weight is 362 g/mol. The topological polar surface area (TPSA) is 85.3 Å². The Labute approximate surface area is 157 Å². The van der Waals surface area contributed by atoms with Gasteiger partial charge in [-0.25, -0.2) is 0 Å². The summed E-state index contributed by atoms with van der Waals surface area (Å²) in [4.78, 5) is 23.6. The van der Waals surface area contributed by atoms with E-state index in [1.165, 1.54) is 17.5 Å². The summed E-state index contributed by atoms with van der Waals surface area (Å²) >= 11 is 0. The first-order valence-corrected chi connectivity index (χ1v) is 9.27. The van der Waals surface area contributed by atoms with E-state index >= 15 is 0 Å². The van der Waals surface area contributed by atoms with Crippen LogP contribution in [0.25, 0.3) is 11.0 Å². The Bertz CT molecular complexity index is 1020. The van der Waals surface area contributed by atoms with Crippen molar-refractivity contribution in [3.8, 4) is 0 Å². The number of amides is 2. The number of furan rings is 1. The Balaban J connectivity index is 1.36. The third-order valence-corrected chi connectivity index (χ3v) is 5.17. The van der Waals surface area contributed by atoms with Crippen molar-refractivity contribution in [1.29, 1.82) is 0 Å². The third kappa shape index (κ3) is 3.72. The van der Waals surface area contributed by atoms with Crippen molar-refractivity contribution in [3.05, 3.63) is 70.5 Å². The van der Waals surface area contributed by atoms with E-state index in [1.807, 2.05) is 6.07 Å². The first-order valence-electron chi connectivity index (χ1n) is 9.27. The summed E-state index contributed by atoms with van der Waals surface area (Å²) in [6, 6.07) is 11.5. The number of fused-ring (bicyclic) bond motifs is 2. The van der Waals surface area contributed by atoms with Crippen LogP contribution in [0.5, 0.6) is 0 Å². The highest BCUT2D eigenvalue weighted by Crippen LogP contribution is 2.30. The fourth-order valence-corrected chi connectivity index (χ4v) is 3.75. The molecule has 1 heterocycles. The van der Waals surface area contributed by atoms with Gasteiger partial charge < -0.3 is 15.5 Å². The van der Waals surface area contributed by atoms with E-state index in [4.69, 9.17) is 10.2 Å². The normalized spacial score (nSPS) is 12.9. The average Bonchev–Trinajstić information content (AvgIpc) is 3.27. The van der Waals surface area contributed by atoms with Crippen LogP contribution in [0.4, 0.5) is 0 Å². The smallest absolute Gasteiger partial charge is 0.248 e. The van der Waals surface area contributed by atoms with E-state index in [-0.39, 0.29) is 5.91 Å². The lowest BCUT2D eigenvalue weighted by Crippen LogP contribution is -2.27. The number of rotatable bonds is 6. The molecular formula is C22H22N2O3. The number of carbonyl (C=O) groups is 2. The highest BCUT2D eigenvalue weighted by Gasteiger charge is 2.16. The number of nitrogens with two attached hydrogens (primary N) is 1. The van der Waals surface area contributed by atoms with Crippen LogP contribution >= 0.6 is 0 Å².